The fourth-order valence-electron chi connectivity index (χ4n) is 2.03. The number of nitrogens with zero attached hydrogens (tertiary/aromatic N) is 2. The van der Waals surface area contributed by atoms with Crippen LogP contribution in [0, 0.1) is 0 Å². The van der Waals surface area contributed by atoms with E-state index in [1.807, 2.05) is 0 Å². The van der Waals surface area contributed by atoms with Crippen LogP contribution in [0.15, 0.2) is 43.0 Å². The number of hydrogen-bond acceptors (Lipinski definition) is 5. The van der Waals surface area contributed by atoms with Crippen LogP contribution >= 0.6 is 0 Å². The quantitative estimate of drug-likeness (QED) is 0.313. The Labute approximate surface area is 150 Å². The molecular weight excluding hydrogens is 380 g/mol. The molecule has 0 spiro atoms. The van der Waals surface area contributed by atoms with Crippen molar-refractivity contribution >= 4 is 11.9 Å². The Balaban J connectivity index is 0.00000288. The first-order valence-corrected chi connectivity index (χ1v) is 6.95. The van der Waals surface area contributed by atoms with Gasteiger partial charge < -0.3 is 31.2 Å². The lowest BCUT2D eigenvalue weighted by Gasteiger charge is -2.11. The van der Waals surface area contributed by atoms with Crippen molar-refractivity contribution < 1.29 is 45.3 Å². The van der Waals surface area contributed by atoms with Gasteiger partial charge in [0, 0.05) is 0 Å². The molecule has 2 aromatic rings. The molecular formula is C16H19BrN2O5. The molecule has 1 unspecified atom stereocenters. The van der Waals surface area contributed by atoms with Gasteiger partial charge in [0.2, 0.25) is 6.33 Å². The van der Waals surface area contributed by atoms with E-state index in [0.717, 1.165) is 5.56 Å². The van der Waals surface area contributed by atoms with Crippen LogP contribution < -0.4 is 26.3 Å². The SMILES string of the molecule is COC(=O)C(C(=O)OCc1ccc(OC)cc1)n1cc[n+](C)c1.[Br-]. The van der Waals surface area contributed by atoms with Crippen molar-refractivity contribution in [2.45, 2.75) is 12.6 Å². The van der Waals surface area contributed by atoms with Crippen LogP contribution in [0.3, 0.4) is 0 Å². The van der Waals surface area contributed by atoms with Gasteiger partial charge in [-0.25, -0.2) is 18.7 Å². The second kappa shape index (κ2) is 9.07. The molecule has 0 N–H and O–H groups in total. The van der Waals surface area contributed by atoms with Crippen LogP contribution in [0.4, 0.5) is 0 Å². The zero-order valence-electron chi connectivity index (χ0n) is 13.6. The highest BCUT2D eigenvalue weighted by molar-refractivity contribution is 5.97. The van der Waals surface area contributed by atoms with E-state index in [4.69, 9.17) is 14.2 Å². The molecule has 130 valence electrons. The number of benzene rings is 1. The van der Waals surface area contributed by atoms with Gasteiger partial charge in [0.15, 0.2) is 0 Å². The number of imidazole rings is 1. The molecule has 0 aliphatic rings. The van der Waals surface area contributed by atoms with Gasteiger partial charge in [-0.15, -0.1) is 0 Å². The van der Waals surface area contributed by atoms with Crippen LogP contribution in [-0.2, 0) is 32.7 Å². The topological polar surface area (TPSA) is 70.6 Å². The smallest absolute Gasteiger partial charge is 0.364 e. The van der Waals surface area contributed by atoms with Crippen molar-refractivity contribution in [3.05, 3.63) is 48.5 Å². The van der Waals surface area contributed by atoms with Crippen molar-refractivity contribution in [2.75, 3.05) is 14.2 Å². The molecule has 0 saturated heterocycles. The molecule has 0 aliphatic heterocycles. The molecule has 0 aliphatic carbocycles. The van der Waals surface area contributed by atoms with Crippen molar-refractivity contribution in [3.63, 3.8) is 0 Å². The van der Waals surface area contributed by atoms with E-state index in [1.165, 1.54) is 11.7 Å². The first-order valence-electron chi connectivity index (χ1n) is 6.95. The molecule has 0 bridgehead atoms. The van der Waals surface area contributed by atoms with E-state index in [-0.39, 0.29) is 23.6 Å². The number of aryl methyl sites for hydroxylation is 1. The monoisotopic (exact) mass is 398 g/mol. The molecule has 1 aromatic carbocycles. The largest absolute Gasteiger partial charge is 1.00 e. The number of carbonyl (C=O) groups excluding carboxylic acids is 2. The molecule has 1 aromatic heterocycles. The van der Waals surface area contributed by atoms with Gasteiger partial charge in [-0.1, -0.05) is 12.1 Å². The Kier molecular flexibility index (Phi) is 7.44. The molecule has 1 heterocycles. The van der Waals surface area contributed by atoms with E-state index < -0.39 is 18.0 Å². The van der Waals surface area contributed by atoms with E-state index >= 15 is 0 Å². The fourth-order valence-corrected chi connectivity index (χ4v) is 2.03. The maximum absolute atomic E-state index is 12.3. The average Bonchev–Trinajstić information content (AvgIpc) is 2.99. The minimum Gasteiger partial charge on any atom is -1.00 e. The number of hydrogen-bond donors (Lipinski definition) is 0. The lowest BCUT2D eigenvalue weighted by molar-refractivity contribution is -0.671. The van der Waals surface area contributed by atoms with Crippen LogP contribution in [0.25, 0.3) is 0 Å². The maximum atomic E-state index is 12.3. The highest BCUT2D eigenvalue weighted by Crippen LogP contribution is 2.15. The first kappa shape index (κ1) is 19.7. The Morgan fingerprint density at radius 2 is 1.83 bits per heavy atom. The van der Waals surface area contributed by atoms with Crippen LogP contribution in [0.5, 0.6) is 5.75 Å². The van der Waals surface area contributed by atoms with Crippen molar-refractivity contribution in [2.24, 2.45) is 7.05 Å². The summed E-state index contributed by atoms with van der Waals surface area (Å²) in [5.41, 5.74) is 0.792. The van der Waals surface area contributed by atoms with Crippen molar-refractivity contribution in [3.8, 4) is 5.75 Å². The summed E-state index contributed by atoms with van der Waals surface area (Å²) in [5, 5.41) is 0. The number of esters is 2. The summed E-state index contributed by atoms with van der Waals surface area (Å²) in [6.07, 6.45) is 4.93. The molecule has 8 heteroatoms. The molecule has 1 atom stereocenters. The minimum atomic E-state index is -1.17. The Morgan fingerprint density at radius 1 is 1.17 bits per heavy atom. The third kappa shape index (κ3) is 4.82. The lowest BCUT2D eigenvalue weighted by Crippen LogP contribution is -3.00. The van der Waals surface area contributed by atoms with Gasteiger partial charge in [-0.2, -0.15) is 0 Å². The zero-order chi connectivity index (χ0) is 16.8. The summed E-state index contributed by atoms with van der Waals surface area (Å²) in [6, 6.07) is 5.95. The predicted molar refractivity (Wildman–Crippen MR) is 79.5 cm³/mol. The molecule has 24 heavy (non-hydrogen) atoms. The third-order valence-corrected chi connectivity index (χ3v) is 3.28. The summed E-state index contributed by atoms with van der Waals surface area (Å²) >= 11 is 0. The van der Waals surface area contributed by atoms with Crippen molar-refractivity contribution in [1.29, 1.82) is 0 Å². The minimum absolute atomic E-state index is 0. The predicted octanol–water partition coefficient (Wildman–Crippen LogP) is -2.22. The van der Waals surface area contributed by atoms with Gasteiger partial charge in [0.1, 0.15) is 24.8 Å². The number of halogens is 1. The molecule has 2 rings (SSSR count). The summed E-state index contributed by atoms with van der Waals surface area (Å²) in [4.78, 5) is 24.2. The molecule has 7 nitrogen and oxygen atoms in total. The Hall–Kier alpha value is -2.35. The standard InChI is InChI=1S/C16H19N2O5.BrH/c1-17-8-9-18(11-17)14(15(19)22-3)16(20)23-10-12-4-6-13(21-2)7-5-12;/h4-9,11,14H,10H2,1-3H3;1H/q+1;/p-1. The van der Waals surface area contributed by atoms with Crippen LogP contribution in [0.1, 0.15) is 11.6 Å². The van der Waals surface area contributed by atoms with Gasteiger partial charge in [-0.05, 0) is 17.7 Å². The number of ether oxygens (including phenoxy) is 3. The van der Waals surface area contributed by atoms with Crippen LogP contribution in [-0.4, -0.2) is 30.7 Å². The second-order valence-corrected chi connectivity index (χ2v) is 4.91. The summed E-state index contributed by atoms with van der Waals surface area (Å²) in [5.74, 6) is -0.642. The molecule has 0 fully saturated rings. The van der Waals surface area contributed by atoms with E-state index in [2.05, 4.69) is 0 Å². The van der Waals surface area contributed by atoms with Gasteiger partial charge in [0.05, 0.1) is 21.3 Å². The van der Waals surface area contributed by atoms with Crippen LogP contribution in [0.2, 0.25) is 0 Å². The van der Waals surface area contributed by atoms with Gasteiger partial charge in [-0.3, -0.25) is 0 Å². The van der Waals surface area contributed by atoms with E-state index in [0.29, 0.717) is 5.75 Å². The number of carbonyl (C=O) groups is 2. The van der Waals surface area contributed by atoms with Gasteiger partial charge in [0.25, 0.3) is 6.04 Å². The first-order chi connectivity index (χ1) is 11.0. The van der Waals surface area contributed by atoms with Crippen molar-refractivity contribution in [1.82, 2.24) is 4.57 Å². The normalized spacial score (nSPS) is 11.1. The molecule has 0 radical (unpaired) electrons. The number of rotatable bonds is 6. The maximum Gasteiger partial charge on any atom is 0.364 e. The highest BCUT2D eigenvalue weighted by atomic mass is 79.9. The summed E-state index contributed by atoms with van der Waals surface area (Å²) < 4.78 is 18.2. The third-order valence-electron chi connectivity index (χ3n) is 3.28. The Bertz CT molecular complexity index is 684. The fraction of sp³-hybridized carbons (Fsp3) is 0.312. The number of methoxy groups -OCH3 is 2. The molecule has 0 amide bonds. The lowest BCUT2D eigenvalue weighted by atomic mass is 10.2. The number of aromatic nitrogens is 2. The second-order valence-electron chi connectivity index (χ2n) is 4.91. The summed E-state index contributed by atoms with van der Waals surface area (Å²) in [6.45, 7) is 0.0592. The molecule has 0 saturated carbocycles. The van der Waals surface area contributed by atoms with E-state index in [9.17, 15) is 9.59 Å². The van der Waals surface area contributed by atoms with E-state index in [1.54, 1.807) is 61.7 Å². The zero-order valence-corrected chi connectivity index (χ0v) is 15.2. The average molecular weight is 399 g/mol. The Morgan fingerprint density at radius 3 is 2.33 bits per heavy atom. The van der Waals surface area contributed by atoms with Gasteiger partial charge >= 0.3 is 11.9 Å². The summed E-state index contributed by atoms with van der Waals surface area (Å²) in [7, 11) is 4.59. The highest BCUT2D eigenvalue weighted by Gasteiger charge is 2.35.